The number of methoxy groups -OCH3 is 3. The molecule has 0 N–H and O–H groups in total. The van der Waals surface area contributed by atoms with Crippen LogP contribution in [-0.2, 0) is 6.42 Å². The van der Waals surface area contributed by atoms with E-state index in [1.807, 2.05) is 6.92 Å². The molecule has 4 nitrogen and oxygen atoms in total. The summed E-state index contributed by atoms with van der Waals surface area (Å²) in [6, 6.07) is 3.90. The van der Waals surface area contributed by atoms with Crippen molar-refractivity contribution in [3.05, 3.63) is 17.2 Å². The summed E-state index contributed by atoms with van der Waals surface area (Å²) < 4.78 is 15.8. The van der Waals surface area contributed by atoms with E-state index in [1.54, 1.807) is 27.4 Å². The number of nitrogens with zero attached hydrogens (tertiary/aromatic N) is 1. The second-order valence-electron chi connectivity index (χ2n) is 3.26. The number of hydrogen-bond donors (Lipinski definition) is 0. The van der Waals surface area contributed by atoms with Gasteiger partial charge in [0.2, 0.25) is 0 Å². The van der Waals surface area contributed by atoms with Crippen LogP contribution in [0.1, 0.15) is 11.1 Å². The van der Waals surface area contributed by atoms with Gasteiger partial charge in [0.15, 0.2) is 11.5 Å². The molecule has 16 heavy (non-hydrogen) atoms. The van der Waals surface area contributed by atoms with Crippen molar-refractivity contribution < 1.29 is 14.2 Å². The number of hydrogen-bond acceptors (Lipinski definition) is 4. The molecule has 0 fully saturated rings. The lowest BCUT2D eigenvalue weighted by atomic mass is 10.1. The van der Waals surface area contributed by atoms with Gasteiger partial charge in [-0.2, -0.15) is 5.26 Å². The highest BCUT2D eigenvalue weighted by atomic mass is 16.5. The van der Waals surface area contributed by atoms with Gasteiger partial charge in [-0.25, -0.2) is 0 Å². The maximum atomic E-state index is 8.75. The zero-order chi connectivity index (χ0) is 12.1. The summed E-state index contributed by atoms with van der Waals surface area (Å²) in [4.78, 5) is 0. The lowest BCUT2D eigenvalue weighted by Crippen LogP contribution is -2.00. The van der Waals surface area contributed by atoms with Crippen LogP contribution in [0.25, 0.3) is 0 Å². The highest BCUT2D eigenvalue weighted by Gasteiger charge is 2.17. The van der Waals surface area contributed by atoms with Crippen molar-refractivity contribution in [1.29, 1.82) is 5.26 Å². The first-order valence-corrected chi connectivity index (χ1v) is 4.85. The number of nitriles is 1. The summed E-state index contributed by atoms with van der Waals surface area (Å²) in [5.41, 5.74) is 1.63. The van der Waals surface area contributed by atoms with Crippen LogP contribution in [0, 0.1) is 18.3 Å². The zero-order valence-electron chi connectivity index (χ0n) is 9.96. The van der Waals surface area contributed by atoms with Gasteiger partial charge in [-0.05, 0) is 13.0 Å². The van der Waals surface area contributed by atoms with E-state index in [2.05, 4.69) is 6.07 Å². The molecule has 4 heteroatoms. The molecule has 0 aliphatic carbocycles. The smallest absolute Gasteiger partial charge is 0.167 e. The first-order valence-electron chi connectivity index (χ1n) is 4.85. The third-order valence-corrected chi connectivity index (χ3v) is 2.41. The molecule has 1 rings (SSSR count). The van der Waals surface area contributed by atoms with Crippen molar-refractivity contribution in [3.8, 4) is 23.3 Å². The van der Waals surface area contributed by atoms with Crippen LogP contribution in [0.3, 0.4) is 0 Å². The molecule has 0 bridgehead atoms. The maximum Gasteiger partial charge on any atom is 0.167 e. The SMILES string of the molecule is COc1cc(CC#N)c(OC)c(OC)c1C. The van der Waals surface area contributed by atoms with E-state index in [1.165, 1.54) is 0 Å². The summed E-state index contributed by atoms with van der Waals surface area (Å²) in [5, 5.41) is 8.75. The Morgan fingerprint density at radius 2 is 1.75 bits per heavy atom. The fourth-order valence-electron chi connectivity index (χ4n) is 1.66. The third-order valence-electron chi connectivity index (χ3n) is 2.41. The van der Waals surface area contributed by atoms with Crippen LogP contribution in [0.2, 0.25) is 0 Å². The Balaban J connectivity index is 3.44. The van der Waals surface area contributed by atoms with E-state index in [4.69, 9.17) is 19.5 Å². The van der Waals surface area contributed by atoms with Gasteiger partial charge < -0.3 is 14.2 Å². The average molecular weight is 221 g/mol. The van der Waals surface area contributed by atoms with Crippen LogP contribution in [0.15, 0.2) is 6.07 Å². The zero-order valence-corrected chi connectivity index (χ0v) is 9.96. The molecule has 1 aromatic rings. The highest BCUT2D eigenvalue weighted by molar-refractivity contribution is 5.58. The van der Waals surface area contributed by atoms with Crippen molar-refractivity contribution in [1.82, 2.24) is 0 Å². The standard InChI is InChI=1S/C12H15NO3/c1-8-10(14-2)7-9(5-6-13)12(16-4)11(8)15-3/h7H,5H2,1-4H3. The van der Waals surface area contributed by atoms with Gasteiger partial charge in [0.1, 0.15) is 5.75 Å². The van der Waals surface area contributed by atoms with Gasteiger partial charge in [-0.15, -0.1) is 0 Å². The molecule has 0 saturated carbocycles. The maximum absolute atomic E-state index is 8.75. The molecule has 0 heterocycles. The van der Waals surface area contributed by atoms with Crippen LogP contribution in [-0.4, -0.2) is 21.3 Å². The quantitative estimate of drug-likeness (QED) is 0.781. The van der Waals surface area contributed by atoms with Gasteiger partial charge in [-0.1, -0.05) is 0 Å². The Labute approximate surface area is 95.4 Å². The fourth-order valence-corrected chi connectivity index (χ4v) is 1.66. The summed E-state index contributed by atoms with van der Waals surface area (Å²) in [6.07, 6.45) is 0.260. The Morgan fingerprint density at radius 3 is 2.19 bits per heavy atom. The van der Waals surface area contributed by atoms with Crippen LogP contribution in [0.5, 0.6) is 17.2 Å². The largest absolute Gasteiger partial charge is 0.496 e. The fraction of sp³-hybridized carbons (Fsp3) is 0.417. The predicted octanol–water partition coefficient (Wildman–Crippen LogP) is 2.09. The molecule has 0 saturated heterocycles. The van der Waals surface area contributed by atoms with Gasteiger partial charge in [0.05, 0.1) is 33.8 Å². The number of rotatable bonds is 4. The lowest BCUT2D eigenvalue weighted by Gasteiger charge is -2.16. The van der Waals surface area contributed by atoms with Crippen LogP contribution >= 0.6 is 0 Å². The van der Waals surface area contributed by atoms with Crippen molar-refractivity contribution in [2.75, 3.05) is 21.3 Å². The van der Waals surface area contributed by atoms with E-state index < -0.39 is 0 Å². The number of benzene rings is 1. The minimum absolute atomic E-state index is 0.260. The van der Waals surface area contributed by atoms with Gasteiger partial charge in [0.25, 0.3) is 0 Å². The van der Waals surface area contributed by atoms with Crippen molar-refractivity contribution in [2.24, 2.45) is 0 Å². The predicted molar refractivity (Wildman–Crippen MR) is 60.2 cm³/mol. The first-order chi connectivity index (χ1) is 7.69. The van der Waals surface area contributed by atoms with Crippen LogP contribution in [0.4, 0.5) is 0 Å². The third kappa shape index (κ3) is 2.03. The van der Waals surface area contributed by atoms with Gasteiger partial charge in [0, 0.05) is 11.1 Å². The van der Waals surface area contributed by atoms with E-state index in [9.17, 15) is 0 Å². The van der Waals surface area contributed by atoms with E-state index in [0.717, 1.165) is 11.1 Å². The molecular weight excluding hydrogens is 206 g/mol. The molecule has 0 radical (unpaired) electrons. The molecular formula is C12H15NO3. The highest BCUT2D eigenvalue weighted by Crippen LogP contribution is 2.40. The molecule has 0 aliphatic heterocycles. The molecule has 0 unspecified atom stereocenters. The molecule has 0 aliphatic rings. The molecule has 0 spiro atoms. The Bertz CT molecular complexity index is 421. The molecule has 0 atom stereocenters. The second kappa shape index (κ2) is 5.26. The summed E-state index contributed by atoms with van der Waals surface area (Å²) in [6.45, 7) is 1.89. The summed E-state index contributed by atoms with van der Waals surface area (Å²) >= 11 is 0. The van der Waals surface area contributed by atoms with E-state index in [0.29, 0.717) is 17.2 Å². The molecule has 1 aromatic carbocycles. The summed E-state index contributed by atoms with van der Waals surface area (Å²) in [5.74, 6) is 1.91. The topological polar surface area (TPSA) is 51.5 Å². The molecule has 86 valence electrons. The minimum atomic E-state index is 0.260. The monoisotopic (exact) mass is 221 g/mol. The Morgan fingerprint density at radius 1 is 1.12 bits per heavy atom. The van der Waals surface area contributed by atoms with Gasteiger partial charge in [-0.3, -0.25) is 0 Å². The first kappa shape index (κ1) is 12.2. The van der Waals surface area contributed by atoms with Gasteiger partial charge >= 0.3 is 0 Å². The van der Waals surface area contributed by atoms with Crippen molar-refractivity contribution >= 4 is 0 Å². The second-order valence-corrected chi connectivity index (χ2v) is 3.26. The van der Waals surface area contributed by atoms with Crippen molar-refractivity contribution in [3.63, 3.8) is 0 Å². The van der Waals surface area contributed by atoms with E-state index in [-0.39, 0.29) is 6.42 Å². The normalized spacial score (nSPS) is 9.44. The molecule has 0 amide bonds. The Kier molecular flexibility index (Phi) is 4.01. The minimum Gasteiger partial charge on any atom is -0.496 e. The number of ether oxygens (including phenoxy) is 3. The van der Waals surface area contributed by atoms with E-state index >= 15 is 0 Å². The summed E-state index contributed by atoms with van der Waals surface area (Å²) in [7, 11) is 4.72. The van der Waals surface area contributed by atoms with Crippen LogP contribution < -0.4 is 14.2 Å². The molecule has 0 aromatic heterocycles. The lowest BCUT2D eigenvalue weighted by molar-refractivity contribution is 0.343. The Hall–Kier alpha value is -1.89. The van der Waals surface area contributed by atoms with Crippen molar-refractivity contribution in [2.45, 2.75) is 13.3 Å². The average Bonchev–Trinajstić information content (AvgIpc) is 2.30.